The second kappa shape index (κ2) is 10.1. The number of benzene rings is 1. The van der Waals surface area contributed by atoms with E-state index in [-0.39, 0.29) is 11.8 Å². The van der Waals surface area contributed by atoms with Gasteiger partial charge in [-0.05, 0) is 36.5 Å². The van der Waals surface area contributed by atoms with E-state index in [9.17, 15) is 4.79 Å². The highest BCUT2D eigenvalue weighted by Gasteiger charge is 2.22. The molecule has 0 bridgehead atoms. The van der Waals surface area contributed by atoms with Crippen LogP contribution in [0, 0.1) is 5.92 Å². The quantitative estimate of drug-likeness (QED) is 0.488. The van der Waals surface area contributed by atoms with Crippen LogP contribution in [0.1, 0.15) is 62.5 Å². The van der Waals surface area contributed by atoms with Crippen molar-refractivity contribution in [3.8, 4) is 0 Å². The summed E-state index contributed by atoms with van der Waals surface area (Å²) in [4.78, 5) is 16.6. The van der Waals surface area contributed by atoms with Crippen molar-refractivity contribution in [3.63, 3.8) is 0 Å². The summed E-state index contributed by atoms with van der Waals surface area (Å²) in [6, 6.07) is 9.87. The van der Waals surface area contributed by atoms with E-state index in [1.807, 2.05) is 30.3 Å². The Morgan fingerprint density at radius 2 is 1.97 bits per heavy atom. The first-order valence-electron chi connectivity index (χ1n) is 10.3. The van der Waals surface area contributed by atoms with Gasteiger partial charge in [0.25, 0.3) is 0 Å². The number of aliphatic imine (C=N–C) groups is 1. The number of anilines is 1. The van der Waals surface area contributed by atoms with Gasteiger partial charge in [0.2, 0.25) is 5.91 Å². The Labute approximate surface area is 172 Å². The maximum Gasteiger partial charge on any atom is 0.227 e. The van der Waals surface area contributed by atoms with E-state index >= 15 is 0 Å². The van der Waals surface area contributed by atoms with Gasteiger partial charge in [-0.3, -0.25) is 9.79 Å². The van der Waals surface area contributed by atoms with E-state index < -0.39 is 0 Å². The Kier molecular flexibility index (Phi) is 7.27. The molecule has 0 aliphatic heterocycles. The first kappa shape index (κ1) is 20.9. The van der Waals surface area contributed by atoms with E-state index in [2.05, 4.69) is 39.9 Å². The molecule has 3 rings (SSSR count). The Bertz CT molecular complexity index is 837. The van der Waals surface area contributed by atoms with Crippen LogP contribution in [-0.2, 0) is 17.9 Å². The van der Waals surface area contributed by atoms with Gasteiger partial charge in [-0.2, -0.15) is 0 Å². The lowest BCUT2D eigenvalue weighted by molar-refractivity contribution is -0.119. The monoisotopic (exact) mass is 397 g/mol. The van der Waals surface area contributed by atoms with E-state index in [1.165, 1.54) is 0 Å². The average Bonchev–Trinajstić information content (AvgIpc) is 3.41. The number of aromatic nitrogens is 1. The molecule has 7 nitrogen and oxygen atoms in total. The molecule has 1 aliphatic rings. The molecule has 1 saturated carbocycles. The van der Waals surface area contributed by atoms with E-state index in [0.29, 0.717) is 25.0 Å². The number of amides is 1. The first-order chi connectivity index (χ1) is 14.0. The van der Waals surface area contributed by atoms with Crippen LogP contribution in [0.15, 0.2) is 39.8 Å². The molecule has 0 unspecified atom stereocenters. The largest absolute Gasteiger partial charge is 0.359 e. The third kappa shape index (κ3) is 6.07. The Morgan fingerprint density at radius 3 is 2.66 bits per heavy atom. The third-order valence-corrected chi connectivity index (χ3v) is 5.20. The molecule has 7 heteroatoms. The van der Waals surface area contributed by atoms with Gasteiger partial charge in [-0.25, -0.2) is 0 Å². The Hall–Kier alpha value is -2.83. The fourth-order valence-corrected chi connectivity index (χ4v) is 3.45. The van der Waals surface area contributed by atoms with Crippen molar-refractivity contribution in [2.45, 2.75) is 58.5 Å². The highest BCUT2D eigenvalue weighted by Crippen LogP contribution is 2.26. The maximum absolute atomic E-state index is 12.3. The van der Waals surface area contributed by atoms with Gasteiger partial charge in [0.05, 0.1) is 12.2 Å². The van der Waals surface area contributed by atoms with Gasteiger partial charge >= 0.3 is 0 Å². The molecule has 1 aromatic carbocycles. The van der Waals surface area contributed by atoms with Gasteiger partial charge in [0, 0.05) is 31.3 Å². The van der Waals surface area contributed by atoms with Crippen molar-refractivity contribution in [1.82, 2.24) is 15.8 Å². The summed E-state index contributed by atoms with van der Waals surface area (Å²) in [6.45, 7) is 5.27. The summed E-state index contributed by atoms with van der Waals surface area (Å²) in [5.74, 6) is 2.08. The zero-order chi connectivity index (χ0) is 20.6. The summed E-state index contributed by atoms with van der Waals surface area (Å²) in [6.07, 6.45) is 4.31. The first-order valence-corrected chi connectivity index (χ1v) is 10.3. The van der Waals surface area contributed by atoms with Crippen LogP contribution in [-0.4, -0.2) is 24.1 Å². The molecule has 1 aliphatic carbocycles. The second-order valence-electron chi connectivity index (χ2n) is 7.82. The number of guanidine groups is 1. The molecule has 1 heterocycles. The number of hydrogen-bond donors (Lipinski definition) is 3. The average molecular weight is 398 g/mol. The van der Waals surface area contributed by atoms with Crippen LogP contribution < -0.4 is 16.0 Å². The number of carbonyl (C=O) groups excluding carboxylic acids is 1. The fraction of sp³-hybridized carbons (Fsp3) is 0.500. The van der Waals surface area contributed by atoms with Gasteiger partial charge in [0.1, 0.15) is 0 Å². The topological polar surface area (TPSA) is 91.5 Å². The SMILES string of the molecule is CN=C(NCc1cccc(NC(=O)C2CCCC2)c1)NCc1cc(C(C)C)no1. The molecule has 0 atom stereocenters. The molecule has 2 aromatic rings. The minimum Gasteiger partial charge on any atom is -0.359 e. The van der Waals surface area contributed by atoms with Gasteiger partial charge < -0.3 is 20.5 Å². The molecular formula is C22H31N5O2. The van der Waals surface area contributed by atoms with E-state index in [4.69, 9.17) is 4.52 Å². The Balaban J connectivity index is 1.49. The second-order valence-corrected chi connectivity index (χ2v) is 7.82. The van der Waals surface area contributed by atoms with Crippen LogP contribution in [0.2, 0.25) is 0 Å². The molecule has 0 radical (unpaired) electrons. The minimum atomic E-state index is 0.137. The predicted molar refractivity (Wildman–Crippen MR) is 115 cm³/mol. The number of carbonyl (C=O) groups is 1. The van der Waals surface area contributed by atoms with Crippen molar-refractivity contribution in [2.24, 2.45) is 10.9 Å². The summed E-state index contributed by atoms with van der Waals surface area (Å²) >= 11 is 0. The number of nitrogens with zero attached hydrogens (tertiary/aromatic N) is 2. The van der Waals surface area contributed by atoms with E-state index in [0.717, 1.165) is 48.4 Å². The van der Waals surface area contributed by atoms with Crippen molar-refractivity contribution < 1.29 is 9.32 Å². The molecule has 1 amide bonds. The standard InChI is InChI=1S/C22H31N5O2/c1-15(2)20-12-19(29-27-20)14-25-22(23-3)24-13-16-7-6-10-18(11-16)26-21(28)17-8-4-5-9-17/h6-7,10-12,15,17H,4-5,8-9,13-14H2,1-3H3,(H,26,28)(H2,23,24,25). The van der Waals surface area contributed by atoms with Crippen LogP contribution in [0.4, 0.5) is 5.69 Å². The van der Waals surface area contributed by atoms with Crippen molar-refractivity contribution in [2.75, 3.05) is 12.4 Å². The molecule has 0 saturated heterocycles. The van der Waals surface area contributed by atoms with Crippen molar-refractivity contribution in [1.29, 1.82) is 0 Å². The van der Waals surface area contributed by atoms with Crippen molar-refractivity contribution in [3.05, 3.63) is 47.3 Å². The molecular weight excluding hydrogens is 366 g/mol. The lowest BCUT2D eigenvalue weighted by atomic mass is 10.1. The summed E-state index contributed by atoms with van der Waals surface area (Å²) in [7, 11) is 1.73. The maximum atomic E-state index is 12.3. The van der Waals surface area contributed by atoms with Gasteiger partial charge in [-0.15, -0.1) is 0 Å². The van der Waals surface area contributed by atoms with Crippen LogP contribution in [0.3, 0.4) is 0 Å². The molecule has 3 N–H and O–H groups in total. The summed E-state index contributed by atoms with van der Waals surface area (Å²) < 4.78 is 5.34. The smallest absolute Gasteiger partial charge is 0.227 e. The molecule has 156 valence electrons. The normalized spacial score (nSPS) is 15.0. The number of nitrogens with one attached hydrogen (secondary N) is 3. The fourth-order valence-electron chi connectivity index (χ4n) is 3.45. The predicted octanol–water partition coefficient (Wildman–Crippen LogP) is 3.79. The summed E-state index contributed by atoms with van der Waals surface area (Å²) in [5.41, 5.74) is 2.85. The third-order valence-electron chi connectivity index (χ3n) is 5.20. The van der Waals surface area contributed by atoms with Crippen LogP contribution in [0.25, 0.3) is 0 Å². The zero-order valence-corrected chi connectivity index (χ0v) is 17.5. The van der Waals surface area contributed by atoms with Crippen LogP contribution >= 0.6 is 0 Å². The van der Waals surface area contributed by atoms with Crippen LogP contribution in [0.5, 0.6) is 0 Å². The number of rotatable bonds is 7. The molecule has 1 fully saturated rings. The molecule has 0 spiro atoms. The van der Waals surface area contributed by atoms with Gasteiger partial charge in [0.15, 0.2) is 11.7 Å². The highest BCUT2D eigenvalue weighted by molar-refractivity contribution is 5.92. The summed E-state index contributed by atoms with van der Waals surface area (Å²) in [5, 5.41) is 13.6. The van der Waals surface area contributed by atoms with Gasteiger partial charge in [-0.1, -0.05) is 44.0 Å². The molecule has 1 aromatic heterocycles. The lowest BCUT2D eigenvalue weighted by Crippen LogP contribution is -2.36. The van der Waals surface area contributed by atoms with E-state index in [1.54, 1.807) is 7.05 Å². The zero-order valence-electron chi connectivity index (χ0n) is 17.5. The van der Waals surface area contributed by atoms with Crippen molar-refractivity contribution >= 4 is 17.6 Å². The lowest BCUT2D eigenvalue weighted by Gasteiger charge is -2.13. The number of hydrogen-bond acceptors (Lipinski definition) is 4. The molecule has 29 heavy (non-hydrogen) atoms. The minimum absolute atomic E-state index is 0.137. The Morgan fingerprint density at radius 1 is 1.21 bits per heavy atom. The highest BCUT2D eigenvalue weighted by atomic mass is 16.5.